The lowest BCUT2D eigenvalue weighted by Crippen LogP contribution is -2.54. The first-order valence-electron chi connectivity index (χ1n) is 9.89. The van der Waals surface area contributed by atoms with Gasteiger partial charge in [0.2, 0.25) is 17.7 Å². The van der Waals surface area contributed by atoms with Gasteiger partial charge in [0.1, 0.15) is 6.54 Å². The van der Waals surface area contributed by atoms with Crippen molar-refractivity contribution in [3.05, 3.63) is 12.2 Å². The summed E-state index contributed by atoms with van der Waals surface area (Å²) in [6.45, 7) is 0.428. The van der Waals surface area contributed by atoms with Crippen LogP contribution in [0, 0.1) is 11.8 Å². The van der Waals surface area contributed by atoms with E-state index < -0.39 is 0 Å². The van der Waals surface area contributed by atoms with Crippen LogP contribution < -0.4 is 5.32 Å². The molecule has 2 fully saturated rings. The summed E-state index contributed by atoms with van der Waals surface area (Å²) in [4.78, 5) is 40.9. The fourth-order valence-corrected chi connectivity index (χ4v) is 4.66. The summed E-state index contributed by atoms with van der Waals surface area (Å²) < 4.78 is 0. The Kier molecular flexibility index (Phi) is 5.80. The first-order chi connectivity index (χ1) is 12.4. The minimum atomic E-state index is -0.268. The van der Waals surface area contributed by atoms with Gasteiger partial charge in [0, 0.05) is 12.1 Å². The van der Waals surface area contributed by atoms with Crippen LogP contribution in [0.15, 0.2) is 12.2 Å². The van der Waals surface area contributed by atoms with E-state index in [1.807, 2.05) is 12.2 Å². The van der Waals surface area contributed by atoms with Gasteiger partial charge < -0.3 is 10.2 Å². The number of carbonyl (C=O) groups is 3. The summed E-state index contributed by atoms with van der Waals surface area (Å²) in [6.07, 6.45) is 12.1. The second-order valence-electron chi connectivity index (χ2n) is 8.23. The molecule has 3 aliphatic rings. The van der Waals surface area contributed by atoms with Crippen molar-refractivity contribution in [2.75, 3.05) is 27.2 Å². The van der Waals surface area contributed by atoms with Crippen molar-refractivity contribution in [1.29, 1.82) is 0 Å². The number of allylic oxidation sites excluding steroid dienone is 2. The van der Waals surface area contributed by atoms with E-state index in [-0.39, 0.29) is 41.6 Å². The molecule has 6 nitrogen and oxygen atoms in total. The molecule has 2 aliphatic carbocycles. The van der Waals surface area contributed by atoms with E-state index in [2.05, 4.69) is 24.3 Å². The molecule has 2 unspecified atom stereocenters. The molecule has 0 bridgehead atoms. The molecule has 0 aromatic carbocycles. The number of amides is 3. The third-order valence-corrected chi connectivity index (χ3v) is 6.50. The molecule has 2 atom stereocenters. The van der Waals surface area contributed by atoms with Crippen LogP contribution in [0.2, 0.25) is 0 Å². The Labute approximate surface area is 156 Å². The Balaban J connectivity index is 1.58. The van der Waals surface area contributed by atoms with Crippen LogP contribution in [-0.2, 0) is 14.4 Å². The SMILES string of the molecule is CN(C)C1(CNC(=O)CN2C(=O)C3CC=CCC3C2=O)CCCCCC1. The van der Waals surface area contributed by atoms with Gasteiger partial charge in [-0.2, -0.15) is 0 Å². The molecule has 1 saturated carbocycles. The molecule has 144 valence electrons. The Morgan fingerprint density at radius 1 is 1.08 bits per heavy atom. The normalized spacial score (nSPS) is 28.2. The Morgan fingerprint density at radius 3 is 2.12 bits per heavy atom. The largest absolute Gasteiger partial charge is 0.353 e. The molecule has 0 radical (unpaired) electrons. The van der Waals surface area contributed by atoms with Crippen molar-refractivity contribution in [2.45, 2.75) is 56.9 Å². The average Bonchev–Trinajstić information content (AvgIpc) is 2.82. The summed E-state index contributed by atoms with van der Waals surface area (Å²) in [5.41, 5.74) is -0.0247. The molecule has 1 N–H and O–H groups in total. The van der Waals surface area contributed by atoms with Crippen LogP contribution >= 0.6 is 0 Å². The van der Waals surface area contributed by atoms with Crippen molar-refractivity contribution >= 4 is 17.7 Å². The molecule has 0 aromatic rings. The smallest absolute Gasteiger partial charge is 0.240 e. The second-order valence-corrected chi connectivity index (χ2v) is 8.23. The predicted octanol–water partition coefficient (Wildman–Crippen LogP) is 1.71. The van der Waals surface area contributed by atoms with Gasteiger partial charge >= 0.3 is 0 Å². The fraction of sp³-hybridized carbons (Fsp3) is 0.750. The van der Waals surface area contributed by atoms with Crippen molar-refractivity contribution in [1.82, 2.24) is 15.1 Å². The van der Waals surface area contributed by atoms with E-state index in [1.165, 1.54) is 30.6 Å². The highest BCUT2D eigenvalue weighted by Crippen LogP contribution is 2.35. The number of rotatable bonds is 5. The highest BCUT2D eigenvalue weighted by atomic mass is 16.2. The topological polar surface area (TPSA) is 69.7 Å². The van der Waals surface area contributed by atoms with Crippen LogP contribution in [0.5, 0.6) is 0 Å². The van der Waals surface area contributed by atoms with Gasteiger partial charge in [-0.3, -0.25) is 19.3 Å². The zero-order chi connectivity index (χ0) is 18.7. The second kappa shape index (κ2) is 7.91. The lowest BCUT2D eigenvalue weighted by atomic mass is 9.85. The molecular formula is C20H31N3O3. The number of imide groups is 1. The lowest BCUT2D eigenvalue weighted by molar-refractivity contribution is -0.143. The zero-order valence-electron chi connectivity index (χ0n) is 16.0. The maximum absolute atomic E-state index is 12.5. The molecule has 6 heteroatoms. The molecule has 0 spiro atoms. The van der Waals surface area contributed by atoms with Gasteiger partial charge in [-0.15, -0.1) is 0 Å². The Morgan fingerprint density at radius 2 is 1.62 bits per heavy atom. The van der Waals surface area contributed by atoms with Gasteiger partial charge in [0.15, 0.2) is 0 Å². The number of hydrogen-bond acceptors (Lipinski definition) is 4. The summed E-state index contributed by atoms with van der Waals surface area (Å²) in [6, 6.07) is 0. The standard InChI is InChI=1S/C20H31N3O3/c1-22(2)20(11-7-3-4-8-12-20)14-21-17(24)13-23-18(25)15-9-5-6-10-16(15)19(23)26/h5-6,15-16H,3-4,7-14H2,1-2H3,(H,21,24). The molecule has 1 aliphatic heterocycles. The Hall–Kier alpha value is -1.69. The molecule has 1 saturated heterocycles. The minimum Gasteiger partial charge on any atom is -0.353 e. The van der Waals surface area contributed by atoms with Gasteiger partial charge in [-0.1, -0.05) is 37.8 Å². The van der Waals surface area contributed by atoms with E-state index in [0.29, 0.717) is 19.4 Å². The van der Waals surface area contributed by atoms with E-state index in [1.54, 1.807) is 0 Å². The van der Waals surface area contributed by atoms with E-state index >= 15 is 0 Å². The van der Waals surface area contributed by atoms with Gasteiger partial charge in [-0.05, 0) is 39.8 Å². The van der Waals surface area contributed by atoms with E-state index in [9.17, 15) is 14.4 Å². The van der Waals surface area contributed by atoms with Gasteiger partial charge in [-0.25, -0.2) is 0 Å². The van der Waals surface area contributed by atoms with E-state index in [0.717, 1.165) is 12.8 Å². The van der Waals surface area contributed by atoms with Crippen molar-refractivity contribution < 1.29 is 14.4 Å². The maximum atomic E-state index is 12.5. The van der Waals surface area contributed by atoms with Crippen LogP contribution in [0.4, 0.5) is 0 Å². The van der Waals surface area contributed by atoms with E-state index in [4.69, 9.17) is 0 Å². The quantitative estimate of drug-likeness (QED) is 0.460. The van der Waals surface area contributed by atoms with Gasteiger partial charge in [0.25, 0.3) is 0 Å². The zero-order valence-corrected chi connectivity index (χ0v) is 16.0. The molecule has 0 aromatic heterocycles. The minimum absolute atomic E-state index is 0.0247. The maximum Gasteiger partial charge on any atom is 0.240 e. The summed E-state index contributed by atoms with van der Waals surface area (Å²) in [7, 11) is 4.14. The predicted molar refractivity (Wildman–Crippen MR) is 99.2 cm³/mol. The first-order valence-corrected chi connectivity index (χ1v) is 9.89. The van der Waals surface area contributed by atoms with Crippen molar-refractivity contribution in [3.8, 4) is 0 Å². The van der Waals surface area contributed by atoms with Crippen LogP contribution in [0.25, 0.3) is 0 Å². The number of nitrogens with one attached hydrogen (secondary N) is 1. The number of likely N-dealkylation sites (N-methyl/N-ethyl adjacent to an activating group) is 1. The summed E-state index contributed by atoms with van der Waals surface area (Å²) >= 11 is 0. The molecule has 1 heterocycles. The monoisotopic (exact) mass is 361 g/mol. The van der Waals surface area contributed by atoms with Crippen LogP contribution in [0.1, 0.15) is 51.4 Å². The van der Waals surface area contributed by atoms with Gasteiger partial charge in [0.05, 0.1) is 11.8 Å². The number of carbonyl (C=O) groups excluding carboxylic acids is 3. The number of nitrogens with zero attached hydrogens (tertiary/aromatic N) is 2. The highest BCUT2D eigenvalue weighted by Gasteiger charge is 2.47. The Bertz CT molecular complexity index is 565. The molecular weight excluding hydrogens is 330 g/mol. The third-order valence-electron chi connectivity index (χ3n) is 6.50. The number of fused-ring (bicyclic) bond motifs is 1. The number of hydrogen-bond donors (Lipinski definition) is 1. The molecule has 3 amide bonds. The van der Waals surface area contributed by atoms with Crippen LogP contribution in [0.3, 0.4) is 0 Å². The third kappa shape index (κ3) is 3.70. The lowest BCUT2D eigenvalue weighted by Gasteiger charge is -2.39. The number of likely N-dealkylation sites (tertiary alicyclic amines) is 1. The molecule has 26 heavy (non-hydrogen) atoms. The van der Waals surface area contributed by atoms with Crippen molar-refractivity contribution in [3.63, 3.8) is 0 Å². The summed E-state index contributed by atoms with van der Waals surface area (Å²) in [5, 5.41) is 3.01. The van der Waals surface area contributed by atoms with Crippen LogP contribution in [-0.4, -0.2) is 60.2 Å². The first kappa shape index (κ1) is 19.1. The summed E-state index contributed by atoms with van der Waals surface area (Å²) in [5.74, 6) is -1.14. The highest BCUT2D eigenvalue weighted by molar-refractivity contribution is 6.07. The average molecular weight is 361 g/mol. The fourth-order valence-electron chi connectivity index (χ4n) is 4.66. The van der Waals surface area contributed by atoms with Crippen molar-refractivity contribution in [2.24, 2.45) is 11.8 Å². The molecule has 3 rings (SSSR count).